The summed E-state index contributed by atoms with van der Waals surface area (Å²) < 4.78 is 18.1. The second kappa shape index (κ2) is 5.43. The van der Waals surface area contributed by atoms with Crippen molar-refractivity contribution < 1.29 is 23.8 Å². The molecule has 0 radical (unpaired) electrons. The first-order valence-corrected chi connectivity index (χ1v) is 9.76. The van der Waals surface area contributed by atoms with Crippen LogP contribution in [0.2, 0.25) is 0 Å². The Kier molecular flexibility index (Phi) is 3.49. The molecule has 0 N–H and O–H groups in total. The number of amides is 2. The summed E-state index contributed by atoms with van der Waals surface area (Å²) in [4.78, 5) is 25.2. The standard InChI is InChI=1S/C19H27NO5/c1-10-17-15(20(11(2)21)18(22)24-17)6-16(23-10)25-19-7-12-3-13(8-19)5-14(4-12)9-19/h10,12-17H,3-9H2,1-2H3/t10-,12?,13?,14?,15-,16-,17+,19?/m0/s1. The molecule has 25 heavy (non-hydrogen) atoms. The Labute approximate surface area is 148 Å². The van der Waals surface area contributed by atoms with Crippen LogP contribution in [0.3, 0.4) is 0 Å². The topological polar surface area (TPSA) is 65.1 Å². The van der Waals surface area contributed by atoms with Crippen LogP contribution in [-0.4, -0.2) is 47.0 Å². The van der Waals surface area contributed by atoms with E-state index in [0.29, 0.717) is 6.42 Å². The van der Waals surface area contributed by atoms with Crippen LogP contribution in [0.15, 0.2) is 0 Å². The molecule has 0 aromatic carbocycles. The van der Waals surface area contributed by atoms with Crippen molar-refractivity contribution in [3.8, 4) is 0 Å². The van der Waals surface area contributed by atoms with Crippen molar-refractivity contribution in [2.24, 2.45) is 17.8 Å². The van der Waals surface area contributed by atoms with Gasteiger partial charge in [-0.25, -0.2) is 9.69 Å². The lowest BCUT2D eigenvalue weighted by Gasteiger charge is -2.57. The molecule has 2 amide bonds. The van der Waals surface area contributed by atoms with E-state index in [0.717, 1.165) is 37.0 Å². The van der Waals surface area contributed by atoms with Crippen molar-refractivity contribution >= 4 is 12.0 Å². The third-order valence-corrected chi connectivity index (χ3v) is 7.11. The second-order valence-electron chi connectivity index (χ2n) is 9.03. The van der Waals surface area contributed by atoms with E-state index in [1.54, 1.807) is 0 Å². The van der Waals surface area contributed by atoms with Crippen molar-refractivity contribution in [3.05, 3.63) is 0 Å². The van der Waals surface area contributed by atoms with Gasteiger partial charge < -0.3 is 14.2 Å². The third-order valence-electron chi connectivity index (χ3n) is 7.11. The van der Waals surface area contributed by atoms with E-state index in [1.165, 1.54) is 31.1 Å². The van der Waals surface area contributed by atoms with Gasteiger partial charge in [-0.15, -0.1) is 0 Å². The van der Waals surface area contributed by atoms with Gasteiger partial charge in [0.05, 0.1) is 17.7 Å². The summed E-state index contributed by atoms with van der Waals surface area (Å²) in [5.74, 6) is 2.17. The van der Waals surface area contributed by atoms with E-state index < -0.39 is 6.09 Å². The normalized spacial score (nSPS) is 50.7. The van der Waals surface area contributed by atoms with Gasteiger partial charge in [-0.3, -0.25) is 4.79 Å². The van der Waals surface area contributed by atoms with E-state index in [9.17, 15) is 9.59 Å². The molecule has 6 nitrogen and oxygen atoms in total. The van der Waals surface area contributed by atoms with Crippen molar-refractivity contribution in [1.29, 1.82) is 0 Å². The third kappa shape index (κ3) is 2.52. The van der Waals surface area contributed by atoms with Crippen molar-refractivity contribution in [1.82, 2.24) is 4.90 Å². The quantitative estimate of drug-likeness (QED) is 0.767. The fourth-order valence-corrected chi connectivity index (χ4v) is 6.64. The van der Waals surface area contributed by atoms with Gasteiger partial charge in [0.15, 0.2) is 12.4 Å². The largest absolute Gasteiger partial charge is 0.441 e. The molecular formula is C19H27NO5. The van der Waals surface area contributed by atoms with Gasteiger partial charge in [0.25, 0.3) is 0 Å². The molecule has 4 bridgehead atoms. The molecule has 4 saturated carbocycles. The van der Waals surface area contributed by atoms with Crippen LogP contribution in [0, 0.1) is 17.8 Å². The van der Waals surface area contributed by atoms with E-state index >= 15 is 0 Å². The highest BCUT2D eigenvalue weighted by Crippen LogP contribution is 2.57. The summed E-state index contributed by atoms with van der Waals surface area (Å²) in [5, 5.41) is 0. The summed E-state index contributed by atoms with van der Waals surface area (Å²) in [6, 6.07) is -0.271. The summed E-state index contributed by atoms with van der Waals surface area (Å²) in [6.07, 6.45) is 6.52. The van der Waals surface area contributed by atoms with Crippen LogP contribution in [-0.2, 0) is 19.0 Å². The molecular weight excluding hydrogens is 322 g/mol. The first-order chi connectivity index (χ1) is 11.9. The van der Waals surface area contributed by atoms with Crippen molar-refractivity contribution in [2.45, 2.75) is 88.9 Å². The molecule has 6 heteroatoms. The first kappa shape index (κ1) is 16.1. The Morgan fingerprint density at radius 2 is 1.72 bits per heavy atom. The van der Waals surface area contributed by atoms with E-state index in [2.05, 4.69) is 0 Å². The Hall–Kier alpha value is -1.14. The molecule has 6 aliphatic rings. The van der Waals surface area contributed by atoms with Gasteiger partial charge in [0.1, 0.15) is 0 Å². The fourth-order valence-electron chi connectivity index (χ4n) is 6.64. The first-order valence-electron chi connectivity index (χ1n) is 9.76. The number of imide groups is 1. The lowest BCUT2D eigenvalue weighted by atomic mass is 9.54. The zero-order chi connectivity index (χ0) is 17.3. The van der Waals surface area contributed by atoms with Crippen LogP contribution in [0.4, 0.5) is 4.79 Å². The summed E-state index contributed by atoms with van der Waals surface area (Å²) in [7, 11) is 0. The molecule has 0 spiro atoms. The maximum Gasteiger partial charge on any atom is 0.417 e. The number of nitrogens with zero attached hydrogens (tertiary/aromatic N) is 1. The number of hydrogen-bond acceptors (Lipinski definition) is 5. The Balaban J connectivity index is 1.34. The Morgan fingerprint density at radius 3 is 2.28 bits per heavy atom. The Morgan fingerprint density at radius 1 is 1.12 bits per heavy atom. The van der Waals surface area contributed by atoms with Crippen molar-refractivity contribution in [2.75, 3.05) is 0 Å². The number of fused-ring (bicyclic) bond motifs is 1. The average molecular weight is 349 g/mol. The predicted molar refractivity (Wildman–Crippen MR) is 87.5 cm³/mol. The highest BCUT2D eigenvalue weighted by molar-refractivity contribution is 5.92. The van der Waals surface area contributed by atoms with Gasteiger partial charge in [-0.05, 0) is 63.2 Å². The minimum Gasteiger partial charge on any atom is -0.441 e. The van der Waals surface area contributed by atoms with Gasteiger partial charge in [-0.1, -0.05) is 0 Å². The van der Waals surface area contributed by atoms with Crippen LogP contribution < -0.4 is 0 Å². The predicted octanol–water partition coefficient (Wildman–Crippen LogP) is 2.84. The van der Waals surface area contributed by atoms with Crippen LogP contribution in [0.5, 0.6) is 0 Å². The van der Waals surface area contributed by atoms with Gasteiger partial charge in [-0.2, -0.15) is 0 Å². The van der Waals surface area contributed by atoms with Gasteiger partial charge >= 0.3 is 6.09 Å². The summed E-state index contributed by atoms with van der Waals surface area (Å²) in [5.41, 5.74) is -0.0451. The van der Waals surface area contributed by atoms with Crippen LogP contribution >= 0.6 is 0 Å². The lowest BCUT2D eigenvalue weighted by Crippen LogP contribution is -2.57. The number of rotatable bonds is 2. The number of carbonyl (C=O) groups is 2. The fraction of sp³-hybridized carbons (Fsp3) is 0.895. The number of hydrogen-bond donors (Lipinski definition) is 0. The minimum absolute atomic E-state index is 0.0451. The molecule has 138 valence electrons. The van der Waals surface area contributed by atoms with E-state index in [-0.39, 0.29) is 36.0 Å². The Bertz CT molecular complexity index is 569. The molecule has 4 aliphatic carbocycles. The van der Waals surface area contributed by atoms with Crippen LogP contribution in [0.25, 0.3) is 0 Å². The molecule has 0 unspecified atom stereocenters. The molecule has 0 aromatic heterocycles. The molecule has 2 heterocycles. The maximum absolute atomic E-state index is 12.0. The molecule has 6 rings (SSSR count). The highest BCUT2D eigenvalue weighted by Gasteiger charge is 2.56. The smallest absolute Gasteiger partial charge is 0.417 e. The molecule has 2 aliphatic heterocycles. The molecule has 0 aromatic rings. The maximum atomic E-state index is 12.0. The van der Waals surface area contributed by atoms with Crippen molar-refractivity contribution in [3.63, 3.8) is 0 Å². The average Bonchev–Trinajstić information content (AvgIpc) is 2.82. The zero-order valence-electron chi connectivity index (χ0n) is 15.0. The van der Waals surface area contributed by atoms with Crippen LogP contribution in [0.1, 0.15) is 58.8 Å². The monoisotopic (exact) mass is 349 g/mol. The summed E-state index contributed by atoms with van der Waals surface area (Å²) in [6.45, 7) is 3.32. The lowest BCUT2D eigenvalue weighted by molar-refractivity contribution is -0.290. The molecule has 2 saturated heterocycles. The number of carbonyl (C=O) groups excluding carboxylic acids is 2. The van der Waals surface area contributed by atoms with Gasteiger partial charge in [0.2, 0.25) is 5.91 Å². The minimum atomic E-state index is -0.548. The summed E-state index contributed by atoms with van der Waals surface area (Å²) >= 11 is 0. The second-order valence-corrected chi connectivity index (χ2v) is 9.03. The molecule has 6 fully saturated rings. The highest BCUT2D eigenvalue weighted by atomic mass is 16.7. The van der Waals surface area contributed by atoms with E-state index in [4.69, 9.17) is 14.2 Å². The SMILES string of the molecule is CC(=O)N1C(=O)O[C@@H]2[C@H](C)O[C@@H](OC34CC5CC(CC(C5)C3)C4)C[C@@H]21. The van der Waals surface area contributed by atoms with E-state index in [1.807, 2.05) is 6.92 Å². The molecule has 4 atom stereocenters. The number of ether oxygens (including phenoxy) is 3. The van der Waals surface area contributed by atoms with Gasteiger partial charge in [0, 0.05) is 13.3 Å². The zero-order valence-corrected chi connectivity index (χ0v) is 15.0.